The van der Waals surface area contributed by atoms with Crippen LogP contribution in [0.4, 0.5) is 14.5 Å². The Balaban J connectivity index is 2.05. The third-order valence-electron chi connectivity index (χ3n) is 4.58. The molecule has 0 N–H and O–H groups in total. The monoisotopic (exact) mass is 346 g/mol. The molecule has 1 aliphatic heterocycles. The first kappa shape index (κ1) is 18.1. The number of nitrogens with zero attached hydrogens (tertiary/aromatic N) is 2. The number of rotatable bonds is 5. The quantitative estimate of drug-likeness (QED) is 0.822. The normalized spacial score (nSPS) is 17.9. The van der Waals surface area contributed by atoms with E-state index >= 15 is 0 Å². The van der Waals surface area contributed by atoms with Gasteiger partial charge < -0.3 is 9.80 Å². The van der Waals surface area contributed by atoms with Crippen molar-refractivity contribution < 1.29 is 17.2 Å². The third-order valence-corrected chi connectivity index (χ3v) is 5.98. The standard InChI is InChI=1S/C16H24F2N2O2S/c1-12(2)20-10-8-14(9-11-20)19(3)13-4-6-15(7-5-13)23(21,22)16(17)18/h4-7,12,14,16H,8-11H2,1-3H3. The number of likely N-dealkylation sites (tertiary alicyclic amines) is 1. The first-order valence-corrected chi connectivity index (χ1v) is 9.37. The number of sulfone groups is 1. The highest BCUT2D eigenvalue weighted by molar-refractivity contribution is 7.91. The van der Waals surface area contributed by atoms with E-state index in [9.17, 15) is 17.2 Å². The molecule has 4 nitrogen and oxygen atoms in total. The molecule has 1 aliphatic rings. The zero-order valence-electron chi connectivity index (χ0n) is 13.7. The van der Waals surface area contributed by atoms with Crippen LogP contribution in [-0.4, -0.2) is 51.3 Å². The van der Waals surface area contributed by atoms with Crippen LogP contribution in [0.15, 0.2) is 29.2 Å². The highest BCUT2D eigenvalue weighted by Crippen LogP contribution is 2.25. The lowest BCUT2D eigenvalue weighted by molar-refractivity contribution is 0.171. The maximum absolute atomic E-state index is 12.5. The second-order valence-electron chi connectivity index (χ2n) is 6.27. The van der Waals surface area contributed by atoms with Gasteiger partial charge in [-0.3, -0.25) is 0 Å². The summed E-state index contributed by atoms with van der Waals surface area (Å²) in [4.78, 5) is 4.21. The van der Waals surface area contributed by atoms with Crippen molar-refractivity contribution in [3.63, 3.8) is 0 Å². The van der Waals surface area contributed by atoms with Gasteiger partial charge in [0.1, 0.15) is 0 Å². The van der Waals surface area contributed by atoms with Crippen molar-refractivity contribution in [2.75, 3.05) is 25.0 Å². The summed E-state index contributed by atoms with van der Waals surface area (Å²) in [6, 6.07) is 6.64. The lowest BCUT2D eigenvalue weighted by atomic mass is 10.0. The number of piperidine rings is 1. The van der Waals surface area contributed by atoms with Gasteiger partial charge in [-0.25, -0.2) is 8.42 Å². The van der Waals surface area contributed by atoms with Gasteiger partial charge in [-0.15, -0.1) is 0 Å². The predicted octanol–water partition coefficient (Wildman–Crippen LogP) is 2.99. The average molecular weight is 346 g/mol. The van der Waals surface area contributed by atoms with Crippen molar-refractivity contribution in [3.8, 4) is 0 Å². The minimum absolute atomic E-state index is 0.334. The lowest BCUT2D eigenvalue weighted by Crippen LogP contribution is -2.45. The van der Waals surface area contributed by atoms with Gasteiger partial charge in [0, 0.05) is 37.9 Å². The largest absolute Gasteiger partial charge is 0.372 e. The summed E-state index contributed by atoms with van der Waals surface area (Å²) in [7, 11) is -2.55. The fourth-order valence-corrected chi connectivity index (χ4v) is 3.70. The Labute approximate surface area is 137 Å². The molecular formula is C16H24F2N2O2S. The van der Waals surface area contributed by atoms with Gasteiger partial charge in [0.25, 0.3) is 0 Å². The number of hydrogen-bond donors (Lipinski definition) is 0. The van der Waals surface area contributed by atoms with Crippen molar-refractivity contribution in [2.24, 2.45) is 0 Å². The van der Waals surface area contributed by atoms with E-state index in [1.165, 1.54) is 12.1 Å². The van der Waals surface area contributed by atoms with Gasteiger partial charge in [-0.2, -0.15) is 8.78 Å². The number of benzene rings is 1. The number of hydrogen-bond acceptors (Lipinski definition) is 4. The van der Waals surface area contributed by atoms with Crippen LogP contribution in [-0.2, 0) is 9.84 Å². The molecule has 1 saturated heterocycles. The van der Waals surface area contributed by atoms with Gasteiger partial charge in [-0.05, 0) is 51.0 Å². The van der Waals surface area contributed by atoms with Gasteiger partial charge in [0.2, 0.25) is 9.84 Å². The van der Waals surface area contributed by atoms with E-state index < -0.39 is 15.6 Å². The second-order valence-corrected chi connectivity index (χ2v) is 8.19. The zero-order chi connectivity index (χ0) is 17.2. The van der Waals surface area contributed by atoms with Crippen LogP contribution in [0, 0.1) is 0 Å². The maximum atomic E-state index is 12.5. The van der Waals surface area contributed by atoms with E-state index in [2.05, 4.69) is 23.6 Å². The topological polar surface area (TPSA) is 40.6 Å². The molecule has 0 atom stereocenters. The molecule has 130 valence electrons. The van der Waals surface area contributed by atoms with E-state index in [1.54, 1.807) is 12.1 Å². The minimum Gasteiger partial charge on any atom is -0.372 e. The minimum atomic E-state index is -4.52. The average Bonchev–Trinajstić information content (AvgIpc) is 2.54. The van der Waals surface area contributed by atoms with E-state index in [4.69, 9.17) is 0 Å². The summed E-state index contributed by atoms with van der Waals surface area (Å²) in [5, 5.41) is 0. The van der Waals surface area contributed by atoms with Gasteiger partial charge in [0.15, 0.2) is 0 Å². The van der Waals surface area contributed by atoms with Crippen LogP contribution < -0.4 is 4.90 Å². The first-order chi connectivity index (χ1) is 10.7. The van der Waals surface area contributed by atoms with Gasteiger partial charge in [0.05, 0.1) is 4.90 Å². The Morgan fingerprint density at radius 2 is 1.65 bits per heavy atom. The molecule has 0 radical (unpaired) electrons. The van der Waals surface area contributed by atoms with E-state index in [1.807, 2.05) is 7.05 Å². The van der Waals surface area contributed by atoms with Gasteiger partial charge in [-0.1, -0.05) is 0 Å². The fraction of sp³-hybridized carbons (Fsp3) is 0.625. The van der Waals surface area contributed by atoms with Crippen LogP contribution in [0.2, 0.25) is 0 Å². The van der Waals surface area contributed by atoms with E-state index in [-0.39, 0.29) is 4.90 Å². The van der Waals surface area contributed by atoms with Crippen molar-refractivity contribution >= 4 is 15.5 Å². The summed E-state index contributed by atoms with van der Waals surface area (Å²) in [6.45, 7) is 6.44. The Bertz CT molecular complexity index is 609. The molecule has 7 heteroatoms. The Morgan fingerprint density at radius 3 is 2.09 bits per heavy atom. The molecule has 0 saturated carbocycles. The molecule has 0 bridgehead atoms. The summed E-state index contributed by atoms with van der Waals surface area (Å²) in [5.41, 5.74) is 0.848. The lowest BCUT2D eigenvalue weighted by Gasteiger charge is -2.39. The van der Waals surface area contributed by atoms with Crippen molar-refractivity contribution in [1.29, 1.82) is 0 Å². The molecule has 1 heterocycles. The number of alkyl halides is 2. The molecule has 0 spiro atoms. The van der Waals surface area contributed by atoms with Gasteiger partial charge >= 0.3 is 5.76 Å². The molecule has 1 fully saturated rings. The Hall–Kier alpha value is -1.21. The van der Waals surface area contributed by atoms with E-state index in [0.29, 0.717) is 12.1 Å². The zero-order valence-corrected chi connectivity index (χ0v) is 14.6. The van der Waals surface area contributed by atoms with Crippen LogP contribution >= 0.6 is 0 Å². The third kappa shape index (κ3) is 4.01. The summed E-state index contributed by atoms with van der Waals surface area (Å²) >= 11 is 0. The van der Waals surface area contributed by atoms with Crippen LogP contribution in [0.1, 0.15) is 26.7 Å². The predicted molar refractivity (Wildman–Crippen MR) is 87.8 cm³/mol. The SMILES string of the molecule is CC(C)N1CCC(N(C)c2ccc(S(=O)(=O)C(F)F)cc2)CC1. The Kier molecular flexibility index (Phi) is 5.62. The molecule has 0 unspecified atom stereocenters. The molecule has 0 aliphatic carbocycles. The molecule has 1 aromatic carbocycles. The maximum Gasteiger partial charge on any atom is 0.341 e. The number of anilines is 1. The van der Waals surface area contributed by atoms with Crippen molar-refractivity contribution in [2.45, 2.75) is 49.4 Å². The first-order valence-electron chi connectivity index (χ1n) is 7.82. The molecule has 23 heavy (non-hydrogen) atoms. The molecule has 1 aromatic rings. The smallest absolute Gasteiger partial charge is 0.341 e. The fourth-order valence-electron chi connectivity index (χ4n) is 2.97. The Morgan fingerprint density at radius 1 is 1.13 bits per heavy atom. The number of halogens is 2. The van der Waals surface area contributed by atoms with E-state index in [0.717, 1.165) is 31.6 Å². The van der Waals surface area contributed by atoms with Crippen molar-refractivity contribution in [3.05, 3.63) is 24.3 Å². The molecule has 2 rings (SSSR count). The van der Waals surface area contributed by atoms with Crippen LogP contribution in [0.25, 0.3) is 0 Å². The highest BCUT2D eigenvalue weighted by Gasteiger charge is 2.27. The molecule has 0 amide bonds. The summed E-state index contributed by atoms with van der Waals surface area (Å²) in [5.74, 6) is -3.38. The van der Waals surface area contributed by atoms with Crippen molar-refractivity contribution in [1.82, 2.24) is 4.90 Å². The second kappa shape index (κ2) is 7.13. The summed E-state index contributed by atoms with van der Waals surface area (Å²) < 4.78 is 48.0. The van der Waals surface area contributed by atoms with Crippen LogP contribution in [0.5, 0.6) is 0 Å². The summed E-state index contributed by atoms with van der Waals surface area (Å²) in [6.07, 6.45) is 2.07. The molecular weight excluding hydrogens is 322 g/mol. The van der Waals surface area contributed by atoms with Crippen LogP contribution in [0.3, 0.4) is 0 Å². The highest BCUT2D eigenvalue weighted by atomic mass is 32.2. The molecule has 0 aromatic heterocycles.